The quantitative estimate of drug-likeness (QED) is 0.406. The van der Waals surface area contributed by atoms with Gasteiger partial charge in [-0.3, -0.25) is 0 Å². The van der Waals surface area contributed by atoms with Crippen molar-refractivity contribution in [1.82, 2.24) is 15.0 Å². The molecule has 0 radical (unpaired) electrons. The molecule has 0 aliphatic rings. The number of hydrogen-bond acceptors (Lipinski definition) is 5. The van der Waals surface area contributed by atoms with E-state index in [4.69, 9.17) is 10.5 Å². The summed E-state index contributed by atoms with van der Waals surface area (Å²) >= 11 is 0. The van der Waals surface area contributed by atoms with Gasteiger partial charge in [0.25, 0.3) is 0 Å². The number of nitrogens with two attached hydrogens (primary N) is 1. The van der Waals surface area contributed by atoms with Crippen LogP contribution in [-0.4, -0.2) is 26.7 Å². The first-order valence-corrected chi connectivity index (χ1v) is 10.5. The summed E-state index contributed by atoms with van der Waals surface area (Å²) in [5.41, 5.74) is 6.95. The zero-order valence-electron chi connectivity index (χ0n) is 18.3. The Morgan fingerprint density at radius 3 is 2.24 bits per heavy atom. The zero-order chi connectivity index (χ0) is 24.3. The highest BCUT2D eigenvalue weighted by Gasteiger charge is 2.35. The van der Waals surface area contributed by atoms with Crippen molar-refractivity contribution >= 4 is 0 Å². The minimum Gasteiger partial charge on any atom is -0.488 e. The molecule has 9 heteroatoms. The first kappa shape index (κ1) is 23.5. The number of hydrogen-bond donors (Lipinski definition) is 2. The average molecular weight is 468 g/mol. The summed E-state index contributed by atoms with van der Waals surface area (Å²) in [6.45, 7) is 1.09. The monoisotopic (exact) mass is 468 g/mol. The van der Waals surface area contributed by atoms with Gasteiger partial charge in [-0.15, -0.1) is 5.10 Å². The third-order valence-electron chi connectivity index (χ3n) is 5.37. The van der Waals surface area contributed by atoms with Gasteiger partial charge in [-0.1, -0.05) is 59.8 Å². The third kappa shape index (κ3) is 5.11. The molecule has 1 heterocycles. The molecule has 3 aromatic carbocycles. The number of aliphatic hydroxyl groups is 1. The van der Waals surface area contributed by atoms with Crippen molar-refractivity contribution < 1.29 is 23.0 Å². The number of nitrogens with zero attached hydrogens (tertiary/aromatic N) is 3. The van der Waals surface area contributed by atoms with Crippen molar-refractivity contribution in [2.75, 3.05) is 6.61 Å². The van der Waals surface area contributed by atoms with Gasteiger partial charge in [0.1, 0.15) is 23.7 Å². The Bertz CT molecular complexity index is 1250. The molecule has 1 atom stereocenters. The van der Waals surface area contributed by atoms with Gasteiger partial charge in [-0.2, -0.15) is 13.2 Å². The summed E-state index contributed by atoms with van der Waals surface area (Å²) in [6, 6.07) is 21.0. The molecule has 0 bridgehead atoms. The number of aromatic nitrogens is 3. The van der Waals surface area contributed by atoms with Crippen LogP contribution in [0.2, 0.25) is 0 Å². The Morgan fingerprint density at radius 1 is 0.941 bits per heavy atom. The van der Waals surface area contributed by atoms with Crippen LogP contribution in [0.25, 0.3) is 22.4 Å². The molecule has 0 saturated heterocycles. The van der Waals surface area contributed by atoms with Crippen LogP contribution in [0.4, 0.5) is 13.2 Å². The number of halogens is 3. The van der Waals surface area contributed by atoms with E-state index in [2.05, 4.69) is 10.3 Å². The maximum atomic E-state index is 13.8. The fourth-order valence-corrected chi connectivity index (χ4v) is 3.34. The fraction of sp³-hybridized carbons (Fsp3) is 0.200. The maximum absolute atomic E-state index is 13.8. The molecule has 34 heavy (non-hydrogen) atoms. The van der Waals surface area contributed by atoms with Crippen molar-refractivity contribution in [2.24, 2.45) is 5.73 Å². The van der Waals surface area contributed by atoms with E-state index in [0.29, 0.717) is 0 Å². The van der Waals surface area contributed by atoms with E-state index in [1.165, 1.54) is 29.9 Å². The van der Waals surface area contributed by atoms with Crippen molar-refractivity contribution in [3.8, 4) is 28.1 Å². The van der Waals surface area contributed by atoms with Gasteiger partial charge in [-0.05, 0) is 41.8 Å². The van der Waals surface area contributed by atoms with E-state index in [1.807, 2.05) is 54.6 Å². The molecule has 0 unspecified atom stereocenters. The molecule has 6 nitrogen and oxygen atoms in total. The molecular weight excluding hydrogens is 445 g/mol. The first-order valence-electron chi connectivity index (χ1n) is 10.5. The molecule has 0 aliphatic heterocycles. The van der Waals surface area contributed by atoms with Gasteiger partial charge in [0, 0.05) is 5.56 Å². The molecule has 0 aliphatic carbocycles. The molecule has 0 fully saturated rings. The van der Waals surface area contributed by atoms with E-state index in [0.717, 1.165) is 22.8 Å². The molecule has 4 aromatic rings. The number of alkyl halides is 3. The standard InChI is InChI=1S/C25H23F3N4O2/c1-24(29,16-33)32-14-22(30-31-32)20-11-12-23(21(13-20)25(26,27)28)34-15-17-7-9-19(10-8-17)18-5-3-2-4-6-18/h2-14,33H,15-16,29H2,1H3/t24-/m1/s1. The Balaban J connectivity index is 1.54. The fourth-order valence-electron chi connectivity index (χ4n) is 3.34. The Kier molecular flexibility index (Phi) is 6.41. The highest BCUT2D eigenvalue weighted by molar-refractivity contribution is 5.63. The van der Waals surface area contributed by atoms with Gasteiger partial charge < -0.3 is 15.6 Å². The predicted molar refractivity (Wildman–Crippen MR) is 122 cm³/mol. The highest BCUT2D eigenvalue weighted by Crippen LogP contribution is 2.39. The lowest BCUT2D eigenvalue weighted by atomic mass is 10.0. The summed E-state index contributed by atoms with van der Waals surface area (Å²) in [6.07, 6.45) is -3.24. The van der Waals surface area contributed by atoms with Crippen molar-refractivity contribution in [1.29, 1.82) is 0 Å². The molecule has 3 N–H and O–H groups in total. The predicted octanol–water partition coefficient (Wildman–Crippen LogP) is 4.83. The summed E-state index contributed by atoms with van der Waals surface area (Å²) in [5, 5.41) is 17.1. The van der Waals surface area contributed by atoms with Crippen molar-refractivity contribution in [3.05, 3.63) is 90.1 Å². The van der Waals surface area contributed by atoms with Crippen molar-refractivity contribution in [3.63, 3.8) is 0 Å². The largest absolute Gasteiger partial charge is 0.488 e. The number of benzene rings is 3. The Hall–Kier alpha value is -3.69. The lowest BCUT2D eigenvalue weighted by Gasteiger charge is -2.20. The van der Waals surface area contributed by atoms with Crippen LogP contribution in [0.5, 0.6) is 5.75 Å². The smallest absolute Gasteiger partial charge is 0.419 e. The third-order valence-corrected chi connectivity index (χ3v) is 5.37. The lowest BCUT2D eigenvalue weighted by Crippen LogP contribution is -2.43. The molecule has 0 saturated carbocycles. The summed E-state index contributed by atoms with van der Waals surface area (Å²) < 4.78 is 48.1. The maximum Gasteiger partial charge on any atom is 0.419 e. The first-order chi connectivity index (χ1) is 16.2. The summed E-state index contributed by atoms with van der Waals surface area (Å²) in [5.74, 6) is -0.283. The Morgan fingerprint density at radius 2 is 1.59 bits per heavy atom. The molecule has 0 spiro atoms. The van der Waals surface area contributed by atoms with E-state index >= 15 is 0 Å². The summed E-state index contributed by atoms with van der Waals surface area (Å²) in [4.78, 5) is 0. The molecule has 176 valence electrons. The van der Waals surface area contributed by atoms with Gasteiger partial charge in [0.05, 0.1) is 18.4 Å². The van der Waals surface area contributed by atoms with Crippen LogP contribution in [0, 0.1) is 0 Å². The van der Waals surface area contributed by atoms with E-state index in [9.17, 15) is 18.3 Å². The normalized spacial score (nSPS) is 13.5. The second-order valence-corrected chi connectivity index (χ2v) is 8.12. The van der Waals surface area contributed by atoms with Crippen molar-refractivity contribution in [2.45, 2.75) is 25.4 Å². The number of aliphatic hydroxyl groups excluding tert-OH is 1. The molecule has 4 rings (SSSR count). The van der Waals surface area contributed by atoms with E-state index in [1.54, 1.807) is 0 Å². The van der Waals surface area contributed by atoms with Gasteiger partial charge in [-0.25, -0.2) is 4.68 Å². The van der Waals surface area contributed by atoms with Crippen LogP contribution in [-0.2, 0) is 18.4 Å². The second-order valence-electron chi connectivity index (χ2n) is 8.12. The van der Waals surface area contributed by atoms with Gasteiger partial charge in [0.2, 0.25) is 0 Å². The van der Waals surface area contributed by atoms with Gasteiger partial charge >= 0.3 is 6.18 Å². The SMILES string of the molecule is C[C@](N)(CO)n1cc(-c2ccc(OCc3ccc(-c4ccccc4)cc3)c(C(F)(F)F)c2)nn1. The topological polar surface area (TPSA) is 86.2 Å². The van der Waals surface area contributed by atoms with Crippen LogP contribution in [0.15, 0.2) is 79.0 Å². The van der Waals surface area contributed by atoms with Crippen LogP contribution in [0.3, 0.4) is 0 Å². The average Bonchev–Trinajstić information content (AvgIpc) is 3.34. The van der Waals surface area contributed by atoms with Crippen LogP contribution < -0.4 is 10.5 Å². The number of rotatable bonds is 7. The minimum absolute atomic E-state index is 0.0181. The van der Waals surface area contributed by atoms with Crippen LogP contribution in [0.1, 0.15) is 18.1 Å². The second kappa shape index (κ2) is 9.28. The molecular formula is C25H23F3N4O2. The van der Waals surface area contributed by atoms with Crippen LogP contribution >= 0.6 is 0 Å². The summed E-state index contributed by atoms with van der Waals surface area (Å²) in [7, 11) is 0. The molecule has 0 amide bonds. The minimum atomic E-state index is -4.63. The Labute approximate surface area is 194 Å². The van der Waals surface area contributed by atoms with E-state index < -0.39 is 24.0 Å². The van der Waals surface area contributed by atoms with Gasteiger partial charge in [0.15, 0.2) is 0 Å². The zero-order valence-corrected chi connectivity index (χ0v) is 18.3. The highest BCUT2D eigenvalue weighted by atomic mass is 19.4. The van der Waals surface area contributed by atoms with E-state index in [-0.39, 0.29) is 23.6 Å². The molecule has 1 aromatic heterocycles. The lowest BCUT2D eigenvalue weighted by molar-refractivity contribution is -0.139. The number of ether oxygens (including phenoxy) is 1.